The molecule has 50 valence electrons. The van der Waals surface area contributed by atoms with E-state index in [1.165, 1.54) is 17.4 Å². The van der Waals surface area contributed by atoms with Gasteiger partial charge in [-0.05, 0) is 23.1 Å². The Balaban J connectivity index is 2.78. The van der Waals surface area contributed by atoms with Gasteiger partial charge in [-0.15, -0.1) is 0 Å². The monoisotopic (exact) mass is 152 g/mol. The smallest absolute Gasteiger partial charge is 0.131 e. The van der Waals surface area contributed by atoms with E-state index in [2.05, 4.69) is 0 Å². The van der Waals surface area contributed by atoms with E-state index in [1.54, 1.807) is 6.07 Å². The van der Waals surface area contributed by atoms with Crippen molar-refractivity contribution in [3.63, 3.8) is 0 Å². The van der Waals surface area contributed by atoms with Gasteiger partial charge in [-0.3, -0.25) is 0 Å². The zero-order valence-corrected chi connectivity index (χ0v) is 5.99. The van der Waals surface area contributed by atoms with Gasteiger partial charge in [0.15, 0.2) is 0 Å². The molecule has 0 spiro atoms. The quantitative estimate of drug-likeness (QED) is 0.544. The molecular weight excluding hydrogens is 147 g/mol. The molecule has 10 heavy (non-hydrogen) atoms. The summed E-state index contributed by atoms with van der Waals surface area (Å²) in [7, 11) is 0. The molecule has 2 heteroatoms. The predicted octanol–water partition coefficient (Wildman–Crippen LogP) is 2.99. The Labute approximate surface area is 62.3 Å². The molecule has 0 aromatic rings. The average molecular weight is 152 g/mol. The lowest BCUT2D eigenvalue weighted by Gasteiger charge is -1.93. The number of halogens is 1. The Hall–Kier alpha value is -0.890. The Morgan fingerprint density at radius 3 is 2.90 bits per heavy atom. The van der Waals surface area contributed by atoms with Crippen LogP contribution in [0.2, 0.25) is 0 Å². The number of fused-ring (bicyclic) bond motifs is 1. The van der Waals surface area contributed by atoms with Gasteiger partial charge in [-0.25, -0.2) is 4.39 Å². The molecule has 0 bridgehead atoms. The second kappa shape index (κ2) is 2.06. The molecule has 2 rings (SSSR count). The van der Waals surface area contributed by atoms with E-state index >= 15 is 0 Å². The summed E-state index contributed by atoms with van der Waals surface area (Å²) in [5, 5.41) is 3.77. The summed E-state index contributed by atoms with van der Waals surface area (Å²) in [6, 6.07) is 5.21. The van der Waals surface area contributed by atoms with Crippen molar-refractivity contribution in [3.8, 4) is 11.1 Å². The molecule has 1 aliphatic heterocycles. The van der Waals surface area contributed by atoms with Gasteiger partial charge >= 0.3 is 0 Å². The zero-order chi connectivity index (χ0) is 6.97. The predicted molar refractivity (Wildman–Crippen MR) is 40.9 cm³/mol. The van der Waals surface area contributed by atoms with Crippen LogP contribution in [0.4, 0.5) is 4.39 Å². The van der Waals surface area contributed by atoms with Gasteiger partial charge < -0.3 is 0 Å². The van der Waals surface area contributed by atoms with Crippen molar-refractivity contribution in [3.05, 3.63) is 34.8 Å². The molecule has 0 saturated carbocycles. The first-order chi connectivity index (χ1) is 4.88. The second-order valence-corrected chi connectivity index (χ2v) is 2.89. The van der Waals surface area contributed by atoms with Gasteiger partial charge in [0.25, 0.3) is 0 Å². The minimum absolute atomic E-state index is 0.119. The van der Waals surface area contributed by atoms with Crippen LogP contribution in [-0.4, -0.2) is 0 Å². The van der Waals surface area contributed by atoms with Crippen molar-refractivity contribution in [1.82, 2.24) is 0 Å². The summed E-state index contributed by atoms with van der Waals surface area (Å²) < 4.78 is 12.8. The maximum Gasteiger partial charge on any atom is 0.131 e. The second-order valence-electron chi connectivity index (χ2n) is 2.11. The highest BCUT2D eigenvalue weighted by atomic mass is 32.1. The van der Waals surface area contributed by atoms with Crippen LogP contribution in [0.3, 0.4) is 0 Å². The highest BCUT2D eigenvalue weighted by Gasteiger charge is 2.06. The lowest BCUT2D eigenvalue weighted by atomic mass is 10.2. The average Bonchev–Trinajstić information content (AvgIpc) is 2.34. The molecule has 0 aromatic carbocycles. The fourth-order valence-corrected chi connectivity index (χ4v) is 1.66. The first kappa shape index (κ1) is 5.86. The number of rotatable bonds is 0. The van der Waals surface area contributed by atoms with Gasteiger partial charge in [0.2, 0.25) is 0 Å². The van der Waals surface area contributed by atoms with Crippen LogP contribution in [-0.2, 0) is 0 Å². The van der Waals surface area contributed by atoms with E-state index in [0.717, 1.165) is 11.1 Å². The molecule has 1 aliphatic carbocycles. The Morgan fingerprint density at radius 2 is 2.10 bits per heavy atom. The van der Waals surface area contributed by atoms with Gasteiger partial charge in [0, 0.05) is 10.9 Å². The van der Waals surface area contributed by atoms with E-state index < -0.39 is 0 Å². The van der Waals surface area contributed by atoms with Crippen LogP contribution >= 0.6 is 11.3 Å². The number of hydrogen-bond donors (Lipinski definition) is 0. The molecule has 0 aromatic heterocycles. The van der Waals surface area contributed by atoms with Gasteiger partial charge in [0.1, 0.15) is 5.82 Å². The van der Waals surface area contributed by atoms with Crippen LogP contribution in [0, 0.1) is 5.82 Å². The van der Waals surface area contributed by atoms with Gasteiger partial charge in [-0.1, -0.05) is 6.07 Å². The third-order valence-corrected chi connectivity index (χ3v) is 2.15. The lowest BCUT2D eigenvalue weighted by Crippen LogP contribution is -1.71. The van der Waals surface area contributed by atoms with E-state index in [0.29, 0.717) is 0 Å². The van der Waals surface area contributed by atoms with E-state index in [4.69, 9.17) is 0 Å². The van der Waals surface area contributed by atoms with Crippen LogP contribution in [0.5, 0.6) is 0 Å². The molecule has 0 saturated heterocycles. The van der Waals surface area contributed by atoms with Crippen molar-refractivity contribution in [2.75, 3.05) is 0 Å². The highest BCUT2D eigenvalue weighted by Crippen LogP contribution is 2.27. The van der Waals surface area contributed by atoms with Crippen LogP contribution < -0.4 is 0 Å². The Morgan fingerprint density at radius 1 is 1.20 bits per heavy atom. The van der Waals surface area contributed by atoms with E-state index in [9.17, 15) is 4.39 Å². The molecule has 2 aliphatic rings. The summed E-state index contributed by atoms with van der Waals surface area (Å²) in [5.41, 5.74) is 1.71. The molecule has 0 atom stereocenters. The normalized spacial score (nSPS) is 10.5. The summed E-state index contributed by atoms with van der Waals surface area (Å²) in [6.45, 7) is 0. The molecule has 0 nitrogen and oxygen atoms in total. The van der Waals surface area contributed by atoms with Crippen LogP contribution in [0.1, 0.15) is 0 Å². The molecule has 0 unspecified atom stereocenters. The molecule has 0 fully saturated rings. The standard InChI is InChI=1S/C8H5FS/c9-8-2-1-6-3-4-10-5-7(6)8/h1-5H. The van der Waals surface area contributed by atoms with Gasteiger partial charge in [-0.2, -0.15) is 11.3 Å². The zero-order valence-electron chi connectivity index (χ0n) is 5.17. The fraction of sp³-hybridized carbons (Fsp3) is 0. The molecule has 0 amide bonds. The van der Waals surface area contributed by atoms with Crippen molar-refractivity contribution in [2.45, 2.75) is 0 Å². The van der Waals surface area contributed by atoms with E-state index in [1.807, 2.05) is 16.8 Å². The minimum atomic E-state index is -0.119. The van der Waals surface area contributed by atoms with Gasteiger partial charge in [0.05, 0.1) is 0 Å². The fourth-order valence-electron chi connectivity index (χ4n) is 0.970. The first-order valence-corrected chi connectivity index (χ1v) is 3.92. The van der Waals surface area contributed by atoms with Crippen molar-refractivity contribution < 1.29 is 4.39 Å². The minimum Gasteiger partial charge on any atom is -0.206 e. The number of hydrogen-bond acceptors (Lipinski definition) is 1. The highest BCUT2D eigenvalue weighted by molar-refractivity contribution is 7.07. The molecule has 1 heterocycles. The van der Waals surface area contributed by atoms with E-state index in [-0.39, 0.29) is 5.82 Å². The Bertz CT molecular complexity index is 313. The summed E-state index contributed by atoms with van der Waals surface area (Å²) in [4.78, 5) is 0. The summed E-state index contributed by atoms with van der Waals surface area (Å²) in [5.74, 6) is -0.119. The molecular formula is C8H5FS. The SMILES string of the molecule is Fc1ccc2ccscc1-2. The summed E-state index contributed by atoms with van der Waals surface area (Å²) in [6.07, 6.45) is 0. The van der Waals surface area contributed by atoms with Crippen LogP contribution in [0.15, 0.2) is 29.0 Å². The third kappa shape index (κ3) is 0.727. The molecule has 0 N–H and O–H groups in total. The maximum absolute atomic E-state index is 12.8. The van der Waals surface area contributed by atoms with Crippen molar-refractivity contribution >= 4 is 11.3 Å². The van der Waals surface area contributed by atoms with Crippen molar-refractivity contribution in [2.24, 2.45) is 0 Å². The topological polar surface area (TPSA) is 0 Å². The maximum atomic E-state index is 12.8. The molecule has 0 radical (unpaired) electrons. The third-order valence-electron chi connectivity index (χ3n) is 1.49. The van der Waals surface area contributed by atoms with Crippen LogP contribution in [0.25, 0.3) is 11.1 Å². The first-order valence-electron chi connectivity index (χ1n) is 2.98. The Kier molecular flexibility index (Phi) is 1.21. The van der Waals surface area contributed by atoms with Crippen molar-refractivity contribution in [1.29, 1.82) is 0 Å². The largest absolute Gasteiger partial charge is 0.206 e. The summed E-state index contributed by atoms with van der Waals surface area (Å²) >= 11 is 1.51. The lowest BCUT2D eigenvalue weighted by molar-refractivity contribution is 0.636.